The van der Waals surface area contributed by atoms with Gasteiger partial charge in [0.15, 0.2) is 0 Å². The van der Waals surface area contributed by atoms with Crippen LogP contribution in [0.25, 0.3) is 0 Å². The quantitative estimate of drug-likeness (QED) is 0.799. The van der Waals surface area contributed by atoms with Gasteiger partial charge in [0.1, 0.15) is 5.75 Å². The summed E-state index contributed by atoms with van der Waals surface area (Å²) in [6, 6.07) is 7.17. The summed E-state index contributed by atoms with van der Waals surface area (Å²) in [6.07, 6.45) is 1.77. The molecule has 1 aromatic rings. The Morgan fingerprint density at radius 2 is 1.72 bits per heavy atom. The van der Waals surface area contributed by atoms with Crippen molar-refractivity contribution in [1.29, 1.82) is 0 Å². The summed E-state index contributed by atoms with van der Waals surface area (Å²) in [5.41, 5.74) is 3.02. The van der Waals surface area contributed by atoms with E-state index < -0.39 is 17.8 Å². The zero-order chi connectivity index (χ0) is 18.1. The van der Waals surface area contributed by atoms with Crippen molar-refractivity contribution in [3.63, 3.8) is 0 Å². The molecule has 0 spiro atoms. The first kappa shape index (κ1) is 17.5. The molecule has 5 heteroatoms. The lowest BCUT2D eigenvalue weighted by Crippen LogP contribution is -2.37. The number of anilines is 1. The molecule has 0 aromatic heterocycles. The number of hydrogen-bond acceptors (Lipinski definition) is 3. The van der Waals surface area contributed by atoms with Crippen molar-refractivity contribution < 1.29 is 19.4 Å². The van der Waals surface area contributed by atoms with Gasteiger partial charge in [-0.15, -0.1) is 0 Å². The van der Waals surface area contributed by atoms with Crippen molar-refractivity contribution in [2.75, 3.05) is 11.9 Å². The van der Waals surface area contributed by atoms with Crippen LogP contribution in [0, 0.1) is 23.7 Å². The van der Waals surface area contributed by atoms with Crippen LogP contribution >= 0.6 is 0 Å². The molecule has 2 aliphatic rings. The average Bonchev–Trinajstić information content (AvgIpc) is 3.13. The summed E-state index contributed by atoms with van der Waals surface area (Å²) in [7, 11) is 0. The summed E-state index contributed by atoms with van der Waals surface area (Å²) in [6.45, 7) is 6.54. The van der Waals surface area contributed by atoms with E-state index in [1.165, 1.54) is 5.57 Å². The van der Waals surface area contributed by atoms with E-state index in [0.717, 1.165) is 24.2 Å². The maximum absolute atomic E-state index is 12.9. The van der Waals surface area contributed by atoms with Crippen molar-refractivity contribution in [2.24, 2.45) is 23.7 Å². The van der Waals surface area contributed by atoms with Crippen LogP contribution in [0.5, 0.6) is 5.75 Å². The highest BCUT2D eigenvalue weighted by molar-refractivity contribution is 5.96. The van der Waals surface area contributed by atoms with Gasteiger partial charge in [0, 0.05) is 5.69 Å². The maximum Gasteiger partial charge on any atom is 0.307 e. The second-order valence-corrected chi connectivity index (χ2v) is 7.08. The Morgan fingerprint density at radius 1 is 1.12 bits per heavy atom. The molecule has 134 valence electrons. The number of rotatable bonds is 5. The van der Waals surface area contributed by atoms with Crippen LogP contribution in [0.4, 0.5) is 5.69 Å². The fraction of sp³-hybridized carbons (Fsp3) is 0.500. The number of hydrogen-bond donors (Lipinski definition) is 2. The van der Waals surface area contributed by atoms with E-state index in [0.29, 0.717) is 12.3 Å². The molecule has 0 unspecified atom stereocenters. The third-order valence-corrected chi connectivity index (χ3v) is 5.44. The summed E-state index contributed by atoms with van der Waals surface area (Å²) in [4.78, 5) is 24.7. The number of benzene rings is 1. The molecule has 2 fully saturated rings. The second kappa shape index (κ2) is 6.90. The van der Waals surface area contributed by atoms with Crippen molar-refractivity contribution in [3.05, 3.63) is 35.4 Å². The van der Waals surface area contributed by atoms with Crippen LogP contribution < -0.4 is 10.1 Å². The lowest BCUT2D eigenvalue weighted by Gasteiger charge is -2.26. The largest absolute Gasteiger partial charge is 0.494 e. The van der Waals surface area contributed by atoms with Crippen LogP contribution in [0.3, 0.4) is 0 Å². The minimum atomic E-state index is -0.863. The first-order valence-corrected chi connectivity index (χ1v) is 8.87. The van der Waals surface area contributed by atoms with E-state index >= 15 is 0 Å². The van der Waals surface area contributed by atoms with E-state index in [1.807, 2.05) is 20.8 Å². The molecule has 0 heterocycles. The molecule has 2 saturated carbocycles. The molecule has 2 N–H and O–H groups in total. The van der Waals surface area contributed by atoms with E-state index in [9.17, 15) is 14.7 Å². The number of carboxylic acid groups (broad SMARTS) is 1. The maximum atomic E-state index is 12.9. The molecule has 0 saturated heterocycles. The average molecular weight is 343 g/mol. The molecule has 0 aliphatic heterocycles. The van der Waals surface area contributed by atoms with Gasteiger partial charge in [-0.1, -0.05) is 11.1 Å². The highest BCUT2D eigenvalue weighted by atomic mass is 16.5. The first-order valence-electron chi connectivity index (χ1n) is 8.87. The van der Waals surface area contributed by atoms with E-state index in [2.05, 4.69) is 5.32 Å². The second-order valence-electron chi connectivity index (χ2n) is 7.08. The number of nitrogens with one attached hydrogen (secondary N) is 1. The van der Waals surface area contributed by atoms with Crippen molar-refractivity contribution >= 4 is 17.6 Å². The van der Waals surface area contributed by atoms with Gasteiger partial charge >= 0.3 is 5.97 Å². The molecular weight excluding hydrogens is 318 g/mol. The summed E-state index contributed by atoms with van der Waals surface area (Å²) in [5, 5.41) is 12.6. The number of amides is 1. The monoisotopic (exact) mass is 343 g/mol. The molecule has 25 heavy (non-hydrogen) atoms. The molecule has 1 aromatic carbocycles. The molecule has 2 aliphatic carbocycles. The summed E-state index contributed by atoms with van der Waals surface area (Å²) < 4.78 is 5.40. The Balaban J connectivity index is 1.81. The number of fused-ring (bicyclic) bond motifs is 2. The summed E-state index contributed by atoms with van der Waals surface area (Å²) in [5.74, 6) is -1.36. The normalized spacial score (nSPS) is 27.2. The molecule has 1 amide bonds. The van der Waals surface area contributed by atoms with Crippen molar-refractivity contribution in [3.8, 4) is 5.75 Å². The summed E-state index contributed by atoms with van der Waals surface area (Å²) >= 11 is 0. The van der Waals surface area contributed by atoms with Gasteiger partial charge in [-0.25, -0.2) is 0 Å². The number of ether oxygens (including phenoxy) is 1. The number of carbonyl (C=O) groups excluding carboxylic acids is 1. The van der Waals surface area contributed by atoms with Gasteiger partial charge in [0.05, 0.1) is 18.4 Å². The Labute approximate surface area is 148 Å². The highest BCUT2D eigenvalue weighted by Gasteiger charge is 2.57. The van der Waals surface area contributed by atoms with Crippen LogP contribution in [0.15, 0.2) is 35.4 Å². The van der Waals surface area contributed by atoms with Gasteiger partial charge in [-0.05, 0) is 69.7 Å². The zero-order valence-corrected chi connectivity index (χ0v) is 14.9. The number of carboxylic acids is 1. The van der Waals surface area contributed by atoms with Crippen molar-refractivity contribution in [2.45, 2.75) is 33.6 Å². The van der Waals surface area contributed by atoms with Crippen LogP contribution in [0.2, 0.25) is 0 Å². The van der Waals surface area contributed by atoms with Crippen molar-refractivity contribution in [1.82, 2.24) is 0 Å². The Bertz CT molecular complexity index is 703. The molecule has 2 bridgehead atoms. The third kappa shape index (κ3) is 3.15. The number of aliphatic carboxylic acids is 1. The SMILES string of the molecule is CCOc1ccc(NC(=O)[C@H]2[C@@H](C(=O)O)[C@H]3CC[C@H]2C3=C(C)C)cc1. The number of carbonyl (C=O) groups is 2. The Morgan fingerprint density at radius 3 is 2.24 bits per heavy atom. The third-order valence-electron chi connectivity index (χ3n) is 5.44. The fourth-order valence-electron chi connectivity index (χ4n) is 4.63. The molecule has 5 nitrogen and oxygen atoms in total. The fourth-order valence-corrected chi connectivity index (χ4v) is 4.63. The smallest absolute Gasteiger partial charge is 0.307 e. The molecule has 0 radical (unpaired) electrons. The van der Waals surface area contributed by atoms with Crippen LogP contribution in [-0.4, -0.2) is 23.6 Å². The minimum absolute atomic E-state index is 0.00331. The van der Waals surface area contributed by atoms with E-state index in [4.69, 9.17) is 4.74 Å². The van der Waals surface area contributed by atoms with Gasteiger partial charge in [0.25, 0.3) is 0 Å². The lowest BCUT2D eigenvalue weighted by molar-refractivity contribution is -0.148. The Hall–Kier alpha value is -2.30. The lowest BCUT2D eigenvalue weighted by atomic mass is 9.78. The highest BCUT2D eigenvalue weighted by Crippen LogP contribution is 2.57. The molecular formula is C20H25NO4. The molecule has 4 atom stereocenters. The van der Waals surface area contributed by atoms with Gasteiger partial charge in [-0.3, -0.25) is 9.59 Å². The minimum Gasteiger partial charge on any atom is -0.494 e. The predicted molar refractivity (Wildman–Crippen MR) is 95.4 cm³/mol. The van der Waals surface area contributed by atoms with Gasteiger partial charge in [-0.2, -0.15) is 0 Å². The first-order chi connectivity index (χ1) is 11.9. The van der Waals surface area contributed by atoms with Crippen LogP contribution in [0.1, 0.15) is 33.6 Å². The van der Waals surface area contributed by atoms with Crippen LogP contribution in [-0.2, 0) is 9.59 Å². The van der Waals surface area contributed by atoms with E-state index in [1.54, 1.807) is 24.3 Å². The predicted octanol–water partition coefficient (Wildman–Crippen LogP) is 3.72. The Kier molecular flexibility index (Phi) is 4.84. The number of allylic oxidation sites excluding steroid dienone is 2. The van der Waals surface area contributed by atoms with E-state index in [-0.39, 0.29) is 17.7 Å². The van der Waals surface area contributed by atoms with Gasteiger partial charge < -0.3 is 15.2 Å². The van der Waals surface area contributed by atoms with Gasteiger partial charge in [0.2, 0.25) is 5.91 Å². The molecule has 3 rings (SSSR count). The zero-order valence-electron chi connectivity index (χ0n) is 14.9. The topological polar surface area (TPSA) is 75.6 Å². The standard InChI is InChI=1S/C20H25NO4/c1-4-25-13-7-5-12(6-8-13)21-19(22)17-14-9-10-15(16(14)11(2)3)18(17)20(23)24/h5-8,14-15,17-18H,4,9-10H2,1-3H3,(H,21,22)(H,23,24)/t14-,15-,17+,18-/m0/s1.